The number of aryl methyl sites for hydroxylation is 1. The molecule has 1 aliphatic rings. The first-order valence-corrected chi connectivity index (χ1v) is 6.92. The Bertz CT molecular complexity index is 350. The van der Waals surface area contributed by atoms with Crippen molar-refractivity contribution in [1.29, 1.82) is 0 Å². The van der Waals surface area contributed by atoms with Crippen LogP contribution >= 0.6 is 0 Å². The molecule has 0 spiro atoms. The van der Waals surface area contributed by atoms with E-state index in [2.05, 4.69) is 35.6 Å². The standard InChI is InChI=1S/C14H25N3/c1-11(17-10-16-12(2)13(17)3)9-15-14-7-5-4-6-8-14/h10-11,14-15H,4-9H2,1-3H3. The maximum absolute atomic E-state index is 4.37. The molecule has 2 rings (SSSR count). The van der Waals surface area contributed by atoms with Crippen LogP contribution in [0.25, 0.3) is 0 Å². The van der Waals surface area contributed by atoms with Crippen LogP contribution in [-0.4, -0.2) is 22.1 Å². The van der Waals surface area contributed by atoms with Gasteiger partial charge < -0.3 is 9.88 Å². The molecule has 1 saturated carbocycles. The van der Waals surface area contributed by atoms with Gasteiger partial charge in [-0.3, -0.25) is 0 Å². The number of imidazole rings is 1. The number of nitrogens with one attached hydrogen (secondary N) is 1. The van der Waals surface area contributed by atoms with Crippen LogP contribution in [-0.2, 0) is 0 Å². The SMILES string of the molecule is Cc1ncn(C(C)CNC2CCCCC2)c1C. The van der Waals surface area contributed by atoms with Crippen molar-refractivity contribution in [3.05, 3.63) is 17.7 Å². The first kappa shape index (κ1) is 12.6. The van der Waals surface area contributed by atoms with Crippen LogP contribution in [0.3, 0.4) is 0 Å². The van der Waals surface area contributed by atoms with Gasteiger partial charge in [0.05, 0.1) is 12.0 Å². The number of rotatable bonds is 4. The molecule has 96 valence electrons. The highest BCUT2D eigenvalue weighted by Gasteiger charge is 2.15. The zero-order valence-electron chi connectivity index (χ0n) is 11.4. The molecule has 1 fully saturated rings. The highest BCUT2D eigenvalue weighted by atomic mass is 15.1. The summed E-state index contributed by atoms with van der Waals surface area (Å²) >= 11 is 0. The minimum atomic E-state index is 0.498. The molecule has 0 saturated heterocycles. The average molecular weight is 235 g/mol. The Balaban J connectivity index is 1.84. The van der Waals surface area contributed by atoms with Gasteiger partial charge in [-0.2, -0.15) is 0 Å². The molecule has 0 amide bonds. The second-order valence-corrected chi connectivity index (χ2v) is 5.41. The topological polar surface area (TPSA) is 29.9 Å². The Labute approximate surface area is 105 Å². The molecule has 0 aliphatic heterocycles. The van der Waals surface area contributed by atoms with E-state index in [0.717, 1.165) is 18.3 Å². The summed E-state index contributed by atoms with van der Waals surface area (Å²) in [7, 11) is 0. The molecule has 1 aliphatic carbocycles. The minimum Gasteiger partial charge on any atom is -0.331 e. The highest BCUT2D eigenvalue weighted by Crippen LogP contribution is 2.18. The molecular formula is C14H25N3. The van der Waals surface area contributed by atoms with E-state index in [1.807, 2.05) is 6.33 Å². The van der Waals surface area contributed by atoms with Crippen molar-refractivity contribution in [2.45, 2.75) is 65.0 Å². The summed E-state index contributed by atoms with van der Waals surface area (Å²) in [6.07, 6.45) is 8.90. The van der Waals surface area contributed by atoms with E-state index in [4.69, 9.17) is 0 Å². The van der Waals surface area contributed by atoms with Crippen molar-refractivity contribution < 1.29 is 0 Å². The molecule has 3 heteroatoms. The van der Waals surface area contributed by atoms with Crippen molar-refractivity contribution in [3.63, 3.8) is 0 Å². The molecule has 1 N–H and O–H groups in total. The van der Waals surface area contributed by atoms with Crippen molar-refractivity contribution in [2.75, 3.05) is 6.54 Å². The van der Waals surface area contributed by atoms with Crippen LogP contribution in [0.5, 0.6) is 0 Å². The second-order valence-electron chi connectivity index (χ2n) is 5.41. The Morgan fingerprint density at radius 2 is 2.06 bits per heavy atom. The fourth-order valence-corrected chi connectivity index (χ4v) is 2.70. The van der Waals surface area contributed by atoms with E-state index in [-0.39, 0.29) is 0 Å². The fraction of sp³-hybridized carbons (Fsp3) is 0.786. The highest BCUT2D eigenvalue weighted by molar-refractivity contribution is 5.09. The van der Waals surface area contributed by atoms with E-state index < -0.39 is 0 Å². The quantitative estimate of drug-likeness (QED) is 0.869. The Morgan fingerprint density at radius 1 is 1.35 bits per heavy atom. The Morgan fingerprint density at radius 3 is 2.65 bits per heavy atom. The zero-order valence-corrected chi connectivity index (χ0v) is 11.4. The predicted molar refractivity (Wildman–Crippen MR) is 71.3 cm³/mol. The maximum Gasteiger partial charge on any atom is 0.0954 e. The van der Waals surface area contributed by atoms with Crippen LogP contribution < -0.4 is 5.32 Å². The number of nitrogens with zero attached hydrogens (tertiary/aromatic N) is 2. The van der Waals surface area contributed by atoms with Gasteiger partial charge >= 0.3 is 0 Å². The third-order valence-electron chi connectivity index (χ3n) is 4.07. The zero-order chi connectivity index (χ0) is 12.3. The molecule has 1 unspecified atom stereocenters. The van der Waals surface area contributed by atoms with Crippen LogP contribution in [0.1, 0.15) is 56.5 Å². The lowest BCUT2D eigenvalue weighted by molar-refractivity contribution is 0.350. The molecule has 1 aromatic heterocycles. The van der Waals surface area contributed by atoms with E-state index in [0.29, 0.717) is 6.04 Å². The summed E-state index contributed by atoms with van der Waals surface area (Å²) in [5.41, 5.74) is 2.44. The van der Waals surface area contributed by atoms with Gasteiger partial charge in [-0.25, -0.2) is 4.98 Å². The van der Waals surface area contributed by atoms with Gasteiger partial charge in [-0.1, -0.05) is 19.3 Å². The smallest absolute Gasteiger partial charge is 0.0954 e. The van der Waals surface area contributed by atoms with Crippen molar-refractivity contribution in [3.8, 4) is 0 Å². The third-order valence-corrected chi connectivity index (χ3v) is 4.07. The number of aromatic nitrogens is 2. The molecule has 1 aromatic rings. The molecule has 3 nitrogen and oxygen atoms in total. The van der Waals surface area contributed by atoms with E-state index in [1.54, 1.807) is 0 Å². The van der Waals surface area contributed by atoms with Gasteiger partial charge in [0.2, 0.25) is 0 Å². The van der Waals surface area contributed by atoms with Gasteiger partial charge in [-0.05, 0) is 33.6 Å². The van der Waals surface area contributed by atoms with E-state index in [1.165, 1.54) is 37.8 Å². The summed E-state index contributed by atoms with van der Waals surface area (Å²) in [4.78, 5) is 4.37. The van der Waals surface area contributed by atoms with Gasteiger partial charge in [0.1, 0.15) is 0 Å². The molecule has 17 heavy (non-hydrogen) atoms. The molecular weight excluding hydrogens is 210 g/mol. The van der Waals surface area contributed by atoms with Crippen LogP contribution in [0.4, 0.5) is 0 Å². The lowest BCUT2D eigenvalue weighted by Gasteiger charge is -2.25. The minimum absolute atomic E-state index is 0.498. The van der Waals surface area contributed by atoms with Crippen molar-refractivity contribution >= 4 is 0 Å². The molecule has 1 heterocycles. The van der Waals surface area contributed by atoms with Crippen LogP contribution in [0, 0.1) is 13.8 Å². The second kappa shape index (κ2) is 5.67. The molecule has 0 aromatic carbocycles. The van der Waals surface area contributed by atoms with Gasteiger partial charge in [-0.15, -0.1) is 0 Å². The van der Waals surface area contributed by atoms with E-state index >= 15 is 0 Å². The Kier molecular flexibility index (Phi) is 4.21. The van der Waals surface area contributed by atoms with Crippen molar-refractivity contribution in [1.82, 2.24) is 14.9 Å². The summed E-state index contributed by atoms with van der Waals surface area (Å²) in [6, 6.07) is 1.24. The van der Waals surface area contributed by atoms with E-state index in [9.17, 15) is 0 Å². The predicted octanol–water partition coefficient (Wildman–Crippen LogP) is 2.98. The number of hydrogen-bond acceptors (Lipinski definition) is 2. The number of hydrogen-bond donors (Lipinski definition) is 1. The normalized spacial score (nSPS) is 19.5. The van der Waals surface area contributed by atoms with Gasteiger partial charge in [0.15, 0.2) is 0 Å². The van der Waals surface area contributed by atoms with Crippen LogP contribution in [0.2, 0.25) is 0 Å². The molecule has 0 bridgehead atoms. The largest absolute Gasteiger partial charge is 0.331 e. The fourth-order valence-electron chi connectivity index (χ4n) is 2.70. The van der Waals surface area contributed by atoms with Crippen LogP contribution in [0.15, 0.2) is 6.33 Å². The van der Waals surface area contributed by atoms with Gasteiger partial charge in [0, 0.05) is 24.3 Å². The lowest BCUT2D eigenvalue weighted by Crippen LogP contribution is -2.35. The monoisotopic (exact) mass is 235 g/mol. The summed E-state index contributed by atoms with van der Waals surface area (Å²) in [5.74, 6) is 0. The third kappa shape index (κ3) is 3.09. The van der Waals surface area contributed by atoms with Gasteiger partial charge in [0.25, 0.3) is 0 Å². The molecule has 1 atom stereocenters. The molecule has 0 radical (unpaired) electrons. The average Bonchev–Trinajstić information content (AvgIpc) is 2.69. The lowest BCUT2D eigenvalue weighted by atomic mass is 9.95. The summed E-state index contributed by atoms with van der Waals surface area (Å²) in [5, 5.41) is 3.71. The maximum atomic E-state index is 4.37. The van der Waals surface area contributed by atoms with Crippen molar-refractivity contribution in [2.24, 2.45) is 0 Å². The first-order valence-electron chi connectivity index (χ1n) is 6.92. The first-order chi connectivity index (χ1) is 8.18. The summed E-state index contributed by atoms with van der Waals surface area (Å²) < 4.78 is 2.28. The summed E-state index contributed by atoms with van der Waals surface area (Å²) in [6.45, 7) is 7.55. The Hall–Kier alpha value is -0.830.